The van der Waals surface area contributed by atoms with Crippen LogP contribution < -0.4 is 10.6 Å². The normalized spacial score (nSPS) is 11.1. The molecule has 0 aliphatic heterocycles. The highest BCUT2D eigenvalue weighted by Crippen LogP contribution is 2.21. The van der Waals surface area contributed by atoms with Crippen molar-refractivity contribution in [1.29, 1.82) is 0 Å². The lowest BCUT2D eigenvalue weighted by Crippen LogP contribution is -2.23. The van der Waals surface area contributed by atoms with Crippen LogP contribution in [0.3, 0.4) is 0 Å². The number of carbonyl (C=O) groups is 1. The molecule has 2 aromatic carbocycles. The lowest BCUT2D eigenvalue weighted by atomic mass is 10.2. The molecule has 0 spiro atoms. The SMILES string of the molecule is Cc1nc2c3ccccc3nc(NCC(=O)Nc3ccc(Br)c(C)c3)n2n1. The van der Waals surface area contributed by atoms with Gasteiger partial charge in [0.1, 0.15) is 5.82 Å². The maximum Gasteiger partial charge on any atom is 0.243 e. The summed E-state index contributed by atoms with van der Waals surface area (Å²) < 4.78 is 2.64. The van der Waals surface area contributed by atoms with Crippen LogP contribution in [-0.2, 0) is 4.79 Å². The van der Waals surface area contributed by atoms with Crippen LogP contribution in [0.25, 0.3) is 16.6 Å². The number of halogens is 1. The Bertz CT molecular complexity index is 1170. The monoisotopic (exact) mass is 424 g/mol. The van der Waals surface area contributed by atoms with Crippen LogP contribution >= 0.6 is 15.9 Å². The fourth-order valence-corrected chi connectivity index (χ4v) is 3.11. The first-order chi connectivity index (χ1) is 13.0. The van der Waals surface area contributed by atoms with Gasteiger partial charge in [-0.2, -0.15) is 4.52 Å². The van der Waals surface area contributed by atoms with Crippen molar-refractivity contribution in [3.05, 3.63) is 58.3 Å². The van der Waals surface area contributed by atoms with Gasteiger partial charge in [0.05, 0.1) is 12.1 Å². The Labute approximate surface area is 164 Å². The predicted octanol–water partition coefficient (Wildman–Crippen LogP) is 3.71. The van der Waals surface area contributed by atoms with E-state index in [0.717, 1.165) is 26.6 Å². The van der Waals surface area contributed by atoms with Crippen LogP contribution in [0.1, 0.15) is 11.4 Å². The topological polar surface area (TPSA) is 84.2 Å². The van der Waals surface area contributed by atoms with E-state index in [1.165, 1.54) is 0 Å². The van der Waals surface area contributed by atoms with Crippen molar-refractivity contribution in [3.8, 4) is 0 Å². The van der Waals surface area contributed by atoms with Gasteiger partial charge in [-0.25, -0.2) is 9.97 Å². The maximum atomic E-state index is 12.3. The van der Waals surface area contributed by atoms with Crippen LogP contribution in [0.5, 0.6) is 0 Å². The number of amides is 1. The van der Waals surface area contributed by atoms with E-state index in [4.69, 9.17) is 0 Å². The maximum absolute atomic E-state index is 12.3. The molecular weight excluding hydrogens is 408 g/mol. The fourth-order valence-electron chi connectivity index (χ4n) is 2.86. The Morgan fingerprint density at radius 3 is 2.78 bits per heavy atom. The molecule has 7 nitrogen and oxygen atoms in total. The molecule has 4 aromatic rings. The minimum Gasteiger partial charge on any atom is -0.345 e. The Morgan fingerprint density at radius 1 is 1.15 bits per heavy atom. The minimum atomic E-state index is -0.170. The van der Waals surface area contributed by atoms with Gasteiger partial charge in [-0.3, -0.25) is 4.79 Å². The lowest BCUT2D eigenvalue weighted by Gasteiger charge is -2.10. The zero-order valence-corrected chi connectivity index (χ0v) is 16.4. The molecule has 0 saturated carbocycles. The van der Waals surface area contributed by atoms with Crippen LogP contribution in [-0.4, -0.2) is 32.0 Å². The fraction of sp³-hybridized carbons (Fsp3) is 0.158. The van der Waals surface area contributed by atoms with Gasteiger partial charge in [-0.05, 0) is 49.7 Å². The third-order valence-electron chi connectivity index (χ3n) is 4.13. The Morgan fingerprint density at radius 2 is 1.96 bits per heavy atom. The smallest absolute Gasteiger partial charge is 0.243 e. The lowest BCUT2D eigenvalue weighted by molar-refractivity contribution is -0.114. The molecule has 4 rings (SSSR count). The van der Waals surface area contributed by atoms with Gasteiger partial charge in [0.2, 0.25) is 11.9 Å². The molecule has 2 heterocycles. The molecular formula is C19H17BrN6O. The summed E-state index contributed by atoms with van der Waals surface area (Å²) in [4.78, 5) is 21.4. The number of nitrogens with zero attached hydrogens (tertiary/aromatic N) is 4. The number of fused-ring (bicyclic) bond motifs is 3. The highest BCUT2D eigenvalue weighted by atomic mass is 79.9. The summed E-state index contributed by atoms with van der Waals surface area (Å²) in [6.45, 7) is 3.86. The molecule has 8 heteroatoms. The Kier molecular flexibility index (Phi) is 4.49. The molecule has 1 amide bonds. The molecule has 0 radical (unpaired) electrons. The van der Waals surface area contributed by atoms with Gasteiger partial charge in [0, 0.05) is 15.5 Å². The van der Waals surface area contributed by atoms with Crippen LogP contribution in [0.15, 0.2) is 46.9 Å². The third kappa shape index (κ3) is 3.48. The highest BCUT2D eigenvalue weighted by Gasteiger charge is 2.12. The van der Waals surface area contributed by atoms with Crippen molar-refractivity contribution in [2.24, 2.45) is 0 Å². The van der Waals surface area contributed by atoms with Gasteiger partial charge in [-0.15, -0.1) is 5.10 Å². The molecule has 0 aliphatic rings. The van der Waals surface area contributed by atoms with Crippen molar-refractivity contribution in [3.63, 3.8) is 0 Å². The third-order valence-corrected chi connectivity index (χ3v) is 5.02. The number of hydrogen-bond donors (Lipinski definition) is 2. The quantitative estimate of drug-likeness (QED) is 0.521. The largest absolute Gasteiger partial charge is 0.345 e. The van der Waals surface area contributed by atoms with Crippen molar-refractivity contribution in [1.82, 2.24) is 19.6 Å². The number of benzene rings is 2. The highest BCUT2D eigenvalue weighted by molar-refractivity contribution is 9.10. The average Bonchev–Trinajstić information content (AvgIpc) is 3.05. The van der Waals surface area contributed by atoms with Gasteiger partial charge >= 0.3 is 0 Å². The molecule has 2 N–H and O–H groups in total. The second-order valence-electron chi connectivity index (χ2n) is 6.21. The molecule has 0 atom stereocenters. The van der Waals surface area contributed by atoms with Crippen molar-refractivity contribution >= 4 is 50.0 Å². The number of para-hydroxylation sites is 1. The summed E-state index contributed by atoms with van der Waals surface area (Å²) in [6, 6.07) is 13.4. The summed E-state index contributed by atoms with van der Waals surface area (Å²) in [7, 11) is 0. The first-order valence-electron chi connectivity index (χ1n) is 8.43. The molecule has 2 aromatic heterocycles. The first kappa shape index (κ1) is 17.4. The molecule has 136 valence electrons. The molecule has 27 heavy (non-hydrogen) atoms. The number of rotatable bonds is 4. The van der Waals surface area contributed by atoms with Crippen molar-refractivity contribution < 1.29 is 4.79 Å². The Balaban J connectivity index is 1.57. The van der Waals surface area contributed by atoms with E-state index < -0.39 is 0 Å². The van der Waals surface area contributed by atoms with E-state index in [-0.39, 0.29) is 12.5 Å². The molecule has 0 bridgehead atoms. The first-order valence-corrected chi connectivity index (χ1v) is 9.22. The molecule has 0 fully saturated rings. The van der Waals surface area contributed by atoms with E-state index in [0.29, 0.717) is 17.4 Å². The van der Waals surface area contributed by atoms with Crippen molar-refractivity contribution in [2.45, 2.75) is 13.8 Å². The number of carbonyl (C=O) groups excluding carboxylic acids is 1. The number of aromatic nitrogens is 4. The van der Waals surface area contributed by atoms with E-state index in [2.05, 4.69) is 41.6 Å². The van der Waals surface area contributed by atoms with Crippen LogP contribution in [0.4, 0.5) is 11.6 Å². The second-order valence-corrected chi connectivity index (χ2v) is 7.07. The minimum absolute atomic E-state index is 0.0639. The molecule has 0 aliphatic carbocycles. The van der Waals surface area contributed by atoms with Crippen LogP contribution in [0.2, 0.25) is 0 Å². The zero-order valence-electron chi connectivity index (χ0n) is 14.8. The zero-order chi connectivity index (χ0) is 19.0. The van der Waals surface area contributed by atoms with E-state index in [1.807, 2.05) is 56.3 Å². The number of anilines is 2. The summed E-state index contributed by atoms with van der Waals surface area (Å²) in [5.41, 5.74) is 3.31. The summed E-state index contributed by atoms with van der Waals surface area (Å²) in [6.07, 6.45) is 0. The average molecular weight is 425 g/mol. The number of nitrogens with one attached hydrogen (secondary N) is 2. The van der Waals surface area contributed by atoms with Crippen molar-refractivity contribution in [2.75, 3.05) is 17.2 Å². The molecule has 0 unspecified atom stereocenters. The summed E-state index contributed by atoms with van der Waals surface area (Å²) >= 11 is 3.45. The second kappa shape index (κ2) is 6.96. The number of hydrogen-bond acceptors (Lipinski definition) is 5. The standard InChI is InChI=1S/C19H17BrN6O/c1-11-9-13(7-8-15(11)20)23-17(27)10-21-19-24-16-6-4-3-5-14(16)18-22-12(2)25-26(18)19/h3-9H,10H2,1-2H3,(H,21,24)(H,23,27). The van der Waals surface area contributed by atoms with Gasteiger partial charge in [-0.1, -0.05) is 28.1 Å². The van der Waals surface area contributed by atoms with Gasteiger partial charge < -0.3 is 10.6 Å². The van der Waals surface area contributed by atoms with Gasteiger partial charge in [0.15, 0.2) is 5.65 Å². The van der Waals surface area contributed by atoms with E-state index in [9.17, 15) is 4.79 Å². The number of aryl methyl sites for hydroxylation is 2. The van der Waals surface area contributed by atoms with E-state index >= 15 is 0 Å². The van der Waals surface area contributed by atoms with E-state index in [1.54, 1.807) is 4.52 Å². The summed E-state index contributed by atoms with van der Waals surface area (Å²) in [5, 5.41) is 11.2. The van der Waals surface area contributed by atoms with Crippen LogP contribution in [0, 0.1) is 13.8 Å². The summed E-state index contributed by atoms with van der Waals surface area (Å²) in [5.74, 6) is 0.953. The predicted molar refractivity (Wildman–Crippen MR) is 109 cm³/mol. The Hall–Kier alpha value is -3.00. The van der Waals surface area contributed by atoms with Gasteiger partial charge in [0.25, 0.3) is 0 Å². The molecule has 0 saturated heterocycles.